The van der Waals surface area contributed by atoms with Crippen LogP contribution in [0.2, 0.25) is 0 Å². The third-order valence-electron chi connectivity index (χ3n) is 4.46. The Labute approximate surface area is 183 Å². The Kier molecular flexibility index (Phi) is 5.69. The molecule has 3 aromatic carbocycles. The molecule has 1 heterocycles. The zero-order chi connectivity index (χ0) is 21.1. The number of fused-ring (bicyclic) bond motifs is 1. The van der Waals surface area contributed by atoms with E-state index in [9.17, 15) is 8.42 Å². The van der Waals surface area contributed by atoms with E-state index in [-0.39, 0.29) is 23.2 Å². The summed E-state index contributed by atoms with van der Waals surface area (Å²) in [5.41, 5.74) is 1.90. The number of sulfonamides is 1. The first-order valence-electron chi connectivity index (χ1n) is 9.13. The van der Waals surface area contributed by atoms with E-state index >= 15 is 0 Å². The van der Waals surface area contributed by atoms with Crippen LogP contribution in [0.15, 0.2) is 82.4 Å². The number of nitrogens with zero attached hydrogens (tertiary/aromatic N) is 2. The summed E-state index contributed by atoms with van der Waals surface area (Å²) < 4.78 is 34.2. The van der Waals surface area contributed by atoms with Gasteiger partial charge in [0, 0.05) is 0 Å². The van der Waals surface area contributed by atoms with Crippen molar-refractivity contribution in [3.63, 3.8) is 0 Å². The first-order chi connectivity index (χ1) is 14.4. The van der Waals surface area contributed by atoms with Crippen LogP contribution in [0.5, 0.6) is 5.88 Å². The van der Waals surface area contributed by atoms with Gasteiger partial charge in [-0.05, 0) is 57.4 Å². The Morgan fingerprint density at radius 3 is 2.50 bits per heavy atom. The quantitative estimate of drug-likeness (QED) is 0.413. The molecule has 4 aromatic rings. The van der Waals surface area contributed by atoms with Gasteiger partial charge in [-0.25, -0.2) is 18.4 Å². The molecule has 8 heteroatoms. The molecule has 0 amide bonds. The Morgan fingerprint density at radius 1 is 1.00 bits per heavy atom. The summed E-state index contributed by atoms with van der Waals surface area (Å²) in [5, 5.41) is 2.23. The molecular weight excluding hydrogens is 466 g/mol. The van der Waals surface area contributed by atoms with E-state index in [1.165, 1.54) is 6.20 Å². The standard InChI is InChI=1S/C22H18BrN3O3S/c1-15-6-10-19(11-7-15)30(27,28)26-21-22(25-20(23)13-24-21)29-14-16-8-9-17-4-2-3-5-18(17)12-16/h2-13H,14H2,1H3,(H,24,26). The van der Waals surface area contributed by atoms with Crippen LogP contribution >= 0.6 is 15.9 Å². The van der Waals surface area contributed by atoms with Gasteiger partial charge >= 0.3 is 0 Å². The maximum Gasteiger partial charge on any atom is 0.263 e. The normalized spacial score (nSPS) is 11.4. The van der Waals surface area contributed by atoms with Crippen molar-refractivity contribution in [1.82, 2.24) is 9.97 Å². The van der Waals surface area contributed by atoms with E-state index in [0.29, 0.717) is 4.60 Å². The number of benzene rings is 3. The van der Waals surface area contributed by atoms with Crippen molar-refractivity contribution in [3.05, 3.63) is 88.7 Å². The van der Waals surface area contributed by atoms with Gasteiger partial charge in [0.25, 0.3) is 15.9 Å². The summed E-state index contributed by atoms with van der Waals surface area (Å²) in [7, 11) is -3.83. The monoisotopic (exact) mass is 483 g/mol. The molecule has 0 aliphatic rings. The molecule has 0 saturated carbocycles. The van der Waals surface area contributed by atoms with Crippen LogP contribution in [0.1, 0.15) is 11.1 Å². The summed E-state index contributed by atoms with van der Waals surface area (Å²) in [6, 6.07) is 20.6. The van der Waals surface area contributed by atoms with Crippen molar-refractivity contribution < 1.29 is 13.2 Å². The van der Waals surface area contributed by atoms with Crippen LogP contribution in [0.25, 0.3) is 10.8 Å². The number of aryl methyl sites for hydroxylation is 1. The first-order valence-corrected chi connectivity index (χ1v) is 11.4. The molecule has 4 rings (SSSR count). The molecule has 0 radical (unpaired) electrons. The average molecular weight is 484 g/mol. The lowest BCUT2D eigenvalue weighted by Gasteiger charge is -2.12. The molecule has 0 saturated heterocycles. The average Bonchev–Trinajstić information content (AvgIpc) is 2.74. The number of nitrogens with one attached hydrogen (secondary N) is 1. The molecule has 0 fully saturated rings. The SMILES string of the molecule is Cc1ccc(S(=O)(=O)Nc2ncc(Br)nc2OCc2ccc3ccccc3c2)cc1. The van der Waals surface area contributed by atoms with E-state index in [1.54, 1.807) is 24.3 Å². The minimum absolute atomic E-state index is 0.0274. The van der Waals surface area contributed by atoms with Gasteiger partial charge in [0.1, 0.15) is 11.2 Å². The number of hydrogen-bond donors (Lipinski definition) is 1. The van der Waals surface area contributed by atoms with E-state index in [1.807, 2.05) is 49.4 Å². The van der Waals surface area contributed by atoms with E-state index in [0.717, 1.165) is 21.9 Å². The lowest BCUT2D eigenvalue weighted by molar-refractivity contribution is 0.294. The minimum Gasteiger partial charge on any atom is -0.470 e. The number of aromatic nitrogens is 2. The number of rotatable bonds is 6. The third-order valence-corrected chi connectivity index (χ3v) is 6.20. The summed E-state index contributed by atoms with van der Waals surface area (Å²) >= 11 is 3.26. The lowest BCUT2D eigenvalue weighted by atomic mass is 10.1. The molecule has 0 spiro atoms. The predicted octanol–water partition coefficient (Wildman–Crippen LogP) is 5.08. The van der Waals surface area contributed by atoms with Gasteiger partial charge in [0.15, 0.2) is 0 Å². The van der Waals surface area contributed by atoms with Crippen LogP contribution in [0.3, 0.4) is 0 Å². The highest BCUT2D eigenvalue weighted by molar-refractivity contribution is 9.10. The second kappa shape index (κ2) is 8.41. The molecule has 0 aliphatic carbocycles. The Balaban J connectivity index is 1.57. The van der Waals surface area contributed by atoms with Crippen LogP contribution in [0.4, 0.5) is 5.82 Å². The molecule has 0 bridgehead atoms. The fourth-order valence-electron chi connectivity index (χ4n) is 2.91. The van der Waals surface area contributed by atoms with Gasteiger partial charge in [0.05, 0.1) is 11.1 Å². The second-order valence-corrected chi connectivity index (χ2v) is 9.23. The highest BCUT2D eigenvalue weighted by atomic mass is 79.9. The summed E-state index contributed by atoms with van der Waals surface area (Å²) in [6.45, 7) is 2.11. The molecular formula is C22H18BrN3O3S. The van der Waals surface area contributed by atoms with E-state index in [4.69, 9.17) is 4.74 Å². The van der Waals surface area contributed by atoms with E-state index < -0.39 is 10.0 Å². The van der Waals surface area contributed by atoms with Crippen LogP contribution < -0.4 is 9.46 Å². The predicted molar refractivity (Wildman–Crippen MR) is 120 cm³/mol. The van der Waals surface area contributed by atoms with Gasteiger partial charge in [-0.2, -0.15) is 0 Å². The number of ether oxygens (including phenoxy) is 1. The van der Waals surface area contributed by atoms with Crippen molar-refractivity contribution in [3.8, 4) is 5.88 Å². The molecule has 1 aromatic heterocycles. The molecule has 30 heavy (non-hydrogen) atoms. The molecule has 0 aliphatic heterocycles. The third kappa shape index (κ3) is 4.60. The van der Waals surface area contributed by atoms with Gasteiger partial charge in [-0.3, -0.25) is 4.72 Å². The summed E-state index contributed by atoms with van der Waals surface area (Å²) in [4.78, 5) is 8.53. The maximum atomic E-state index is 12.7. The topological polar surface area (TPSA) is 81.2 Å². The van der Waals surface area contributed by atoms with Gasteiger partial charge in [0.2, 0.25) is 5.82 Å². The molecule has 1 N–H and O–H groups in total. The number of anilines is 1. The highest BCUT2D eigenvalue weighted by Gasteiger charge is 2.19. The fourth-order valence-corrected chi connectivity index (χ4v) is 4.18. The van der Waals surface area contributed by atoms with Gasteiger partial charge in [-0.1, -0.05) is 54.1 Å². The zero-order valence-corrected chi connectivity index (χ0v) is 18.4. The maximum absolute atomic E-state index is 12.7. The Hall–Kier alpha value is -2.97. The molecule has 152 valence electrons. The smallest absolute Gasteiger partial charge is 0.263 e. The fraction of sp³-hybridized carbons (Fsp3) is 0.0909. The van der Waals surface area contributed by atoms with Crippen molar-refractivity contribution in [2.75, 3.05) is 4.72 Å². The number of halogens is 1. The van der Waals surface area contributed by atoms with Crippen LogP contribution in [-0.2, 0) is 16.6 Å². The first kappa shape index (κ1) is 20.3. The van der Waals surface area contributed by atoms with Crippen molar-refractivity contribution in [2.24, 2.45) is 0 Å². The number of hydrogen-bond acceptors (Lipinski definition) is 5. The molecule has 0 unspecified atom stereocenters. The van der Waals surface area contributed by atoms with Crippen molar-refractivity contribution in [2.45, 2.75) is 18.4 Å². The second-order valence-electron chi connectivity index (χ2n) is 6.74. The van der Waals surface area contributed by atoms with Crippen LogP contribution in [-0.4, -0.2) is 18.4 Å². The minimum atomic E-state index is -3.83. The largest absolute Gasteiger partial charge is 0.470 e. The Bertz CT molecular complexity index is 1310. The highest BCUT2D eigenvalue weighted by Crippen LogP contribution is 2.26. The zero-order valence-electron chi connectivity index (χ0n) is 16.0. The van der Waals surface area contributed by atoms with Gasteiger partial charge in [-0.15, -0.1) is 0 Å². The van der Waals surface area contributed by atoms with Gasteiger partial charge < -0.3 is 4.74 Å². The van der Waals surface area contributed by atoms with Crippen LogP contribution in [0, 0.1) is 6.92 Å². The summed E-state index contributed by atoms with van der Waals surface area (Å²) in [5.74, 6) is 0.118. The van der Waals surface area contributed by atoms with E-state index in [2.05, 4.69) is 30.6 Å². The summed E-state index contributed by atoms with van der Waals surface area (Å²) in [6.07, 6.45) is 1.41. The molecule has 6 nitrogen and oxygen atoms in total. The van der Waals surface area contributed by atoms with Crippen molar-refractivity contribution >= 4 is 42.5 Å². The van der Waals surface area contributed by atoms with Crippen molar-refractivity contribution in [1.29, 1.82) is 0 Å². The molecule has 0 atom stereocenters. The Morgan fingerprint density at radius 2 is 1.73 bits per heavy atom. The lowest BCUT2D eigenvalue weighted by Crippen LogP contribution is -2.15.